The van der Waals surface area contributed by atoms with E-state index in [1.807, 2.05) is 36.0 Å². The Balaban J connectivity index is 2.29. The van der Waals surface area contributed by atoms with Crippen molar-refractivity contribution in [3.05, 3.63) is 35.0 Å². The van der Waals surface area contributed by atoms with E-state index in [0.29, 0.717) is 6.42 Å². The van der Waals surface area contributed by atoms with E-state index in [0.717, 1.165) is 27.9 Å². The maximum atomic E-state index is 10.5. The molecule has 0 aliphatic carbocycles. The second-order valence-electron chi connectivity index (χ2n) is 4.15. The van der Waals surface area contributed by atoms with Crippen LogP contribution in [-0.2, 0) is 18.3 Å². The third kappa shape index (κ3) is 2.44. The van der Waals surface area contributed by atoms with Gasteiger partial charge in [-0.15, -0.1) is 0 Å². The predicted molar refractivity (Wildman–Crippen MR) is 68.5 cm³/mol. The van der Waals surface area contributed by atoms with Crippen molar-refractivity contribution in [2.45, 2.75) is 19.3 Å². The second-order valence-corrected chi connectivity index (χ2v) is 4.56. The van der Waals surface area contributed by atoms with Crippen molar-refractivity contribution in [3.63, 3.8) is 0 Å². The predicted octanol–water partition coefficient (Wildman–Crippen LogP) is 3.24. The summed E-state index contributed by atoms with van der Waals surface area (Å²) in [5.74, 6) is -0.747. The van der Waals surface area contributed by atoms with Crippen molar-refractivity contribution >= 4 is 28.5 Å². The smallest absolute Gasteiger partial charge is 0.303 e. The van der Waals surface area contributed by atoms with Gasteiger partial charge in [-0.25, -0.2) is 0 Å². The molecule has 2 rings (SSSR count). The van der Waals surface area contributed by atoms with Crippen LogP contribution in [-0.4, -0.2) is 15.6 Å². The summed E-state index contributed by atoms with van der Waals surface area (Å²) in [7, 11) is 1.95. The van der Waals surface area contributed by atoms with Gasteiger partial charge < -0.3 is 9.67 Å². The summed E-state index contributed by atoms with van der Waals surface area (Å²) < 4.78 is 1.99. The quantitative estimate of drug-likeness (QED) is 0.907. The molecule has 1 N–H and O–H groups in total. The molecule has 0 saturated heterocycles. The molecule has 0 saturated carbocycles. The summed E-state index contributed by atoms with van der Waals surface area (Å²) in [6.07, 6.45) is 3.65. The topological polar surface area (TPSA) is 42.2 Å². The fourth-order valence-electron chi connectivity index (χ4n) is 2.13. The number of carboxylic acids is 1. The maximum absolute atomic E-state index is 10.5. The zero-order valence-electron chi connectivity index (χ0n) is 9.61. The number of para-hydroxylation sites is 1. The van der Waals surface area contributed by atoms with Gasteiger partial charge in [0.1, 0.15) is 0 Å². The minimum absolute atomic E-state index is 0.205. The Morgan fingerprint density at radius 3 is 2.94 bits per heavy atom. The molecular weight excluding hydrogens is 238 g/mol. The zero-order chi connectivity index (χ0) is 12.4. The lowest BCUT2D eigenvalue weighted by Crippen LogP contribution is -1.95. The molecule has 90 valence electrons. The van der Waals surface area contributed by atoms with Crippen LogP contribution in [0.2, 0.25) is 5.02 Å². The maximum Gasteiger partial charge on any atom is 0.303 e. The summed E-state index contributed by atoms with van der Waals surface area (Å²) >= 11 is 6.15. The Kier molecular flexibility index (Phi) is 3.38. The van der Waals surface area contributed by atoms with Crippen LogP contribution in [0.3, 0.4) is 0 Å². The first-order chi connectivity index (χ1) is 8.09. The molecule has 0 atom stereocenters. The van der Waals surface area contributed by atoms with Crippen molar-refractivity contribution in [2.75, 3.05) is 0 Å². The first-order valence-electron chi connectivity index (χ1n) is 5.54. The highest BCUT2D eigenvalue weighted by atomic mass is 35.5. The molecule has 0 aliphatic heterocycles. The summed E-state index contributed by atoms with van der Waals surface area (Å²) in [5.41, 5.74) is 2.17. The molecule has 0 unspecified atom stereocenters. The van der Waals surface area contributed by atoms with Gasteiger partial charge in [0.05, 0.1) is 10.5 Å². The Labute approximate surface area is 105 Å². The number of hydrogen-bond donors (Lipinski definition) is 1. The van der Waals surface area contributed by atoms with Gasteiger partial charge in [-0.05, 0) is 24.5 Å². The molecule has 1 heterocycles. The highest BCUT2D eigenvalue weighted by Crippen LogP contribution is 2.28. The molecule has 0 bridgehead atoms. The average Bonchev–Trinajstić information content (AvgIpc) is 2.57. The molecule has 2 aromatic rings. The molecule has 0 aliphatic rings. The van der Waals surface area contributed by atoms with E-state index in [-0.39, 0.29) is 6.42 Å². The number of fused-ring (bicyclic) bond motifs is 1. The van der Waals surface area contributed by atoms with Gasteiger partial charge in [-0.2, -0.15) is 0 Å². The number of rotatable bonds is 4. The molecule has 0 radical (unpaired) electrons. The zero-order valence-corrected chi connectivity index (χ0v) is 10.4. The van der Waals surface area contributed by atoms with Crippen molar-refractivity contribution in [1.29, 1.82) is 0 Å². The molecule has 4 heteroatoms. The molecule has 0 amide bonds. The minimum Gasteiger partial charge on any atom is -0.481 e. The SMILES string of the molecule is Cn1cc(CCCC(=O)O)c2cccc(Cl)c21. The number of nitrogens with zero attached hydrogens (tertiary/aromatic N) is 1. The van der Waals surface area contributed by atoms with Crippen molar-refractivity contribution in [2.24, 2.45) is 7.05 Å². The first-order valence-corrected chi connectivity index (χ1v) is 5.91. The van der Waals surface area contributed by atoms with Crippen LogP contribution in [0.5, 0.6) is 0 Å². The van der Waals surface area contributed by atoms with Gasteiger partial charge >= 0.3 is 5.97 Å². The van der Waals surface area contributed by atoms with Crippen LogP contribution in [0.15, 0.2) is 24.4 Å². The lowest BCUT2D eigenvalue weighted by Gasteiger charge is -1.99. The van der Waals surface area contributed by atoms with Crippen molar-refractivity contribution in [1.82, 2.24) is 4.57 Å². The third-order valence-electron chi connectivity index (χ3n) is 2.87. The Morgan fingerprint density at radius 2 is 2.24 bits per heavy atom. The number of aliphatic carboxylic acids is 1. The number of aromatic nitrogens is 1. The van der Waals surface area contributed by atoms with E-state index in [2.05, 4.69) is 0 Å². The Hall–Kier alpha value is -1.48. The van der Waals surface area contributed by atoms with Gasteiger partial charge in [0.2, 0.25) is 0 Å². The highest BCUT2D eigenvalue weighted by molar-refractivity contribution is 6.35. The molecular formula is C13H14ClNO2. The average molecular weight is 252 g/mol. The van der Waals surface area contributed by atoms with Crippen LogP contribution in [0.4, 0.5) is 0 Å². The lowest BCUT2D eigenvalue weighted by molar-refractivity contribution is -0.137. The Bertz CT molecular complexity index is 560. The Morgan fingerprint density at radius 1 is 1.47 bits per heavy atom. The molecule has 17 heavy (non-hydrogen) atoms. The van der Waals surface area contributed by atoms with Crippen LogP contribution < -0.4 is 0 Å². The summed E-state index contributed by atoms with van der Waals surface area (Å²) in [6.45, 7) is 0. The number of aryl methyl sites for hydroxylation is 2. The van der Waals surface area contributed by atoms with Gasteiger partial charge in [-0.1, -0.05) is 23.7 Å². The van der Waals surface area contributed by atoms with Gasteiger partial charge in [0.25, 0.3) is 0 Å². The lowest BCUT2D eigenvalue weighted by atomic mass is 10.1. The second kappa shape index (κ2) is 4.80. The van der Waals surface area contributed by atoms with E-state index >= 15 is 0 Å². The van der Waals surface area contributed by atoms with Crippen LogP contribution in [0, 0.1) is 0 Å². The molecule has 1 aromatic heterocycles. The monoisotopic (exact) mass is 251 g/mol. The van der Waals surface area contributed by atoms with Gasteiger partial charge in [0, 0.05) is 25.1 Å². The standard InChI is InChI=1S/C13H14ClNO2/c1-15-8-9(4-2-7-12(16)17)10-5-3-6-11(14)13(10)15/h3,5-6,8H,2,4,7H2,1H3,(H,16,17). The van der Waals surface area contributed by atoms with E-state index in [1.54, 1.807) is 0 Å². The minimum atomic E-state index is -0.747. The summed E-state index contributed by atoms with van der Waals surface area (Å²) in [4.78, 5) is 10.5. The van der Waals surface area contributed by atoms with Gasteiger partial charge in [-0.3, -0.25) is 4.79 Å². The van der Waals surface area contributed by atoms with E-state index in [9.17, 15) is 4.79 Å². The number of benzene rings is 1. The number of hydrogen-bond acceptors (Lipinski definition) is 1. The van der Waals surface area contributed by atoms with Crippen LogP contribution >= 0.6 is 11.6 Å². The third-order valence-corrected chi connectivity index (χ3v) is 3.18. The molecule has 0 fully saturated rings. The summed E-state index contributed by atoms with van der Waals surface area (Å²) in [6, 6.07) is 5.81. The molecule has 3 nitrogen and oxygen atoms in total. The van der Waals surface area contributed by atoms with E-state index in [1.165, 1.54) is 0 Å². The van der Waals surface area contributed by atoms with E-state index in [4.69, 9.17) is 16.7 Å². The highest BCUT2D eigenvalue weighted by Gasteiger charge is 2.09. The van der Waals surface area contributed by atoms with Crippen LogP contribution in [0.1, 0.15) is 18.4 Å². The van der Waals surface area contributed by atoms with Gasteiger partial charge in [0.15, 0.2) is 0 Å². The van der Waals surface area contributed by atoms with Crippen LogP contribution in [0.25, 0.3) is 10.9 Å². The number of halogens is 1. The normalized spacial score (nSPS) is 10.9. The fraction of sp³-hybridized carbons (Fsp3) is 0.308. The van der Waals surface area contributed by atoms with Crippen molar-refractivity contribution in [3.8, 4) is 0 Å². The largest absolute Gasteiger partial charge is 0.481 e. The molecule has 1 aromatic carbocycles. The molecule has 0 spiro atoms. The van der Waals surface area contributed by atoms with Crippen molar-refractivity contribution < 1.29 is 9.90 Å². The van der Waals surface area contributed by atoms with E-state index < -0.39 is 5.97 Å². The first kappa shape index (κ1) is 12.0. The fourth-order valence-corrected chi connectivity index (χ4v) is 2.44. The number of carbonyl (C=O) groups is 1. The summed E-state index contributed by atoms with van der Waals surface area (Å²) in [5, 5.41) is 10.5. The number of carboxylic acid groups (broad SMARTS) is 1.